The first kappa shape index (κ1) is 10.9. The maximum absolute atomic E-state index is 4.45. The van der Waals surface area contributed by atoms with Crippen LogP contribution >= 0.6 is 11.8 Å². The molecule has 1 rings (SSSR count). The first-order valence-corrected chi connectivity index (χ1v) is 5.92. The minimum atomic E-state index is 0.306. The van der Waals surface area contributed by atoms with E-state index in [2.05, 4.69) is 38.0 Å². The second-order valence-electron chi connectivity index (χ2n) is 4.62. The van der Waals surface area contributed by atoms with Crippen molar-refractivity contribution in [3.05, 3.63) is 0 Å². The molecule has 0 aromatic rings. The van der Waals surface area contributed by atoms with Gasteiger partial charge in [0, 0.05) is 18.3 Å². The van der Waals surface area contributed by atoms with Crippen molar-refractivity contribution < 1.29 is 0 Å². The second-order valence-corrected chi connectivity index (χ2v) is 5.70. The number of aliphatic imine (C=N–C) groups is 1. The molecule has 13 heavy (non-hydrogen) atoms. The SMILES string of the molecule is CC(NC1=NCCCS1)C(C)(C)C. The number of hydrogen-bond acceptors (Lipinski definition) is 3. The van der Waals surface area contributed by atoms with E-state index in [-0.39, 0.29) is 0 Å². The lowest BCUT2D eigenvalue weighted by atomic mass is 9.88. The highest BCUT2D eigenvalue weighted by Gasteiger charge is 2.21. The van der Waals surface area contributed by atoms with E-state index in [0.717, 1.165) is 11.7 Å². The molecule has 1 heterocycles. The van der Waals surface area contributed by atoms with Crippen molar-refractivity contribution in [1.82, 2.24) is 5.32 Å². The molecule has 0 aliphatic carbocycles. The molecule has 3 heteroatoms. The molecule has 76 valence electrons. The number of nitrogens with one attached hydrogen (secondary N) is 1. The molecule has 0 saturated heterocycles. The van der Waals surface area contributed by atoms with E-state index >= 15 is 0 Å². The molecule has 0 fully saturated rings. The topological polar surface area (TPSA) is 24.4 Å². The van der Waals surface area contributed by atoms with Crippen molar-refractivity contribution in [2.75, 3.05) is 12.3 Å². The van der Waals surface area contributed by atoms with Crippen LogP contribution in [0.5, 0.6) is 0 Å². The molecule has 0 saturated carbocycles. The summed E-state index contributed by atoms with van der Waals surface area (Å²) in [6, 6.07) is 0.483. The summed E-state index contributed by atoms with van der Waals surface area (Å²) in [4.78, 5) is 4.45. The van der Waals surface area contributed by atoms with Crippen LogP contribution in [-0.2, 0) is 0 Å². The van der Waals surface area contributed by atoms with Crippen molar-refractivity contribution in [3.8, 4) is 0 Å². The van der Waals surface area contributed by atoms with Gasteiger partial charge in [0.1, 0.15) is 0 Å². The van der Waals surface area contributed by atoms with Gasteiger partial charge in [0.2, 0.25) is 0 Å². The third-order valence-corrected chi connectivity index (χ3v) is 3.45. The smallest absolute Gasteiger partial charge is 0.156 e. The molecule has 1 unspecified atom stereocenters. The standard InChI is InChI=1S/C10H20N2S/c1-8(10(2,3)4)12-9-11-6-5-7-13-9/h8H,5-7H2,1-4H3,(H,11,12). The van der Waals surface area contributed by atoms with E-state index < -0.39 is 0 Å². The zero-order valence-electron chi connectivity index (χ0n) is 9.05. The molecule has 1 aliphatic rings. The Morgan fingerprint density at radius 3 is 2.62 bits per heavy atom. The summed E-state index contributed by atoms with van der Waals surface area (Å²) in [5, 5.41) is 4.60. The van der Waals surface area contributed by atoms with Crippen LogP contribution in [0.1, 0.15) is 34.1 Å². The second kappa shape index (κ2) is 4.36. The fourth-order valence-electron chi connectivity index (χ4n) is 0.949. The average Bonchev–Trinajstić information content (AvgIpc) is 2.04. The Balaban J connectivity index is 2.43. The molecule has 0 radical (unpaired) electrons. The highest BCUT2D eigenvalue weighted by atomic mass is 32.2. The van der Waals surface area contributed by atoms with Gasteiger partial charge in [0.25, 0.3) is 0 Å². The molecular weight excluding hydrogens is 180 g/mol. The molecule has 2 nitrogen and oxygen atoms in total. The van der Waals surface area contributed by atoms with Gasteiger partial charge >= 0.3 is 0 Å². The van der Waals surface area contributed by atoms with Crippen molar-refractivity contribution >= 4 is 16.9 Å². The summed E-state index contributed by atoms with van der Waals surface area (Å²) in [5.74, 6) is 1.21. The van der Waals surface area contributed by atoms with Gasteiger partial charge in [-0.2, -0.15) is 0 Å². The lowest BCUT2D eigenvalue weighted by Crippen LogP contribution is -2.41. The highest BCUT2D eigenvalue weighted by molar-refractivity contribution is 8.13. The van der Waals surface area contributed by atoms with Crippen LogP contribution < -0.4 is 5.32 Å². The lowest BCUT2D eigenvalue weighted by Gasteiger charge is -2.29. The van der Waals surface area contributed by atoms with Gasteiger partial charge in [-0.05, 0) is 18.8 Å². The van der Waals surface area contributed by atoms with Gasteiger partial charge in [-0.1, -0.05) is 32.5 Å². The Bertz CT molecular complexity index is 194. The Kier molecular flexibility index (Phi) is 3.65. The maximum Gasteiger partial charge on any atom is 0.156 e. The normalized spacial score (nSPS) is 20.8. The molecule has 1 N–H and O–H groups in total. The zero-order chi connectivity index (χ0) is 9.90. The van der Waals surface area contributed by atoms with Crippen molar-refractivity contribution in [2.45, 2.75) is 40.2 Å². The van der Waals surface area contributed by atoms with E-state index in [9.17, 15) is 0 Å². The number of amidine groups is 1. The predicted octanol–water partition coefficient (Wildman–Crippen LogP) is 2.50. The molecule has 0 aromatic carbocycles. The van der Waals surface area contributed by atoms with Gasteiger partial charge in [-0.15, -0.1) is 0 Å². The van der Waals surface area contributed by atoms with E-state index in [1.165, 1.54) is 12.2 Å². The maximum atomic E-state index is 4.45. The summed E-state index contributed by atoms with van der Waals surface area (Å²) in [6.45, 7) is 9.96. The molecule has 0 spiro atoms. The van der Waals surface area contributed by atoms with E-state index in [1.807, 2.05) is 11.8 Å². The Morgan fingerprint density at radius 1 is 1.46 bits per heavy atom. The number of rotatable bonds is 1. The van der Waals surface area contributed by atoms with E-state index in [0.29, 0.717) is 11.5 Å². The quantitative estimate of drug-likeness (QED) is 0.703. The fraction of sp³-hybridized carbons (Fsp3) is 0.900. The van der Waals surface area contributed by atoms with Gasteiger partial charge in [0.05, 0.1) is 0 Å². The monoisotopic (exact) mass is 200 g/mol. The lowest BCUT2D eigenvalue weighted by molar-refractivity contribution is 0.317. The van der Waals surface area contributed by atoms with Gasteiger partial charge < -0.3 is 5.32 Å². The molecule has 0 amide bonds. The third-order valence-electron chi connectivity index (χ3n) is 2.44. The molecular formula is C10H20N2S. The number of hydrogen-bond donors (Lipinski definition) is 1. The van der Waals surface area contributed by atoms with Crippen LogP contribution in [0.25, 0.3) is 0 Å². The first-order valence-electron chi connectivity index (χ1n) is 4.94. The van der Waals surface area contributed by atoms with E-state index in [1.54, 1.807) is 0 Å². The van der Waals surface area contributed by atoms with Gasteiger partial charge in [-0.3, -0.25) is 4.99 Å². The summed E-state index contributed by atoms with van der Waals surface area (Å²) >= 11 is 1.85. The van der Waals surface area contributed by atoms with Crippen LogP contribution in [0.3, 0.4) is 0 Å². The molecule has 1 atom stereocenters. The van der Waals surface area contributed by atoms with Crippen LogP contribution in [-0.4, -0.2) is 23.5 Å². The number of thioether (sulfide) groups is 1. The minimum Gasteiger partial charge on any atom is -0.362 e. The predicted molar refractivity (Wildman–Crippen MR) is 61.4 cm³/mol. The fourth-order valence-corrected chi connectivity index (χ4v) is 1.86. The van der Waals surface area contributed by atoms with Crippen molar-refractivity contribution in [2.24, 2.45) is 10.4 Å². The highest BCUT2D eigenvalue weighted by Crippen LogP contribution is 2.20. The Hall–Kier alpha value is -0.180. The largest absolute Gasteiger partial charge is 0.362 e. The third kappa shape index (κ3) is 3.59. The van der Waals surface area contributed by atoms with E-state index in [4.69, 9.17) is 0 Å². The summed E-state index contributed by atoms with van der Waals surface area (Å²) in [7, 11) is 0. The molecule has 0 aromatic heterocycles. The Morgan fingerprint density at radius 2 is 2.15 bits per heavy atom. The summed E-state index contributed by atoms with van der Waals surface area (Å²) in [6.07, 6.45) is 1.22. The molecule has 0 bridgehead atoms. The average molecular weight is 200 g/mol. The van der Waals surface area contributed by atoms with Crippen LogP contribution in [0, 0.1) is 5.41 Å². The van der Waals surface area contributed by atoms with Crippen molar-refractivity contribution in [1.29, 1.82) is 0 Å². The summed E-state index contributed by atoms with van der Waals surface area (Å²) < 4.78 is 0. The first-order chi connectivity index (χ1) is 6.00. The summed E-state index contributed by atoms with van der Waals surface area (Å²) in [5.41, 5.74) is 0.306. The van der Waals surface area contributed by atoms with Crippen LogP contribution in [0.2, 0.25) is 0 Å². The van der Waals surface area contributed by atoms with Crippen LogP contribution in [0.15, 0.2) is 4.99 Å². The van der Waals surface area contributed by atoms with Crippen LogP contribution in [0.4, 0.5) is 0 Å². The van der Waals surface area contributed by atoms with Gasteiger partial charge in [-0.25, -0.2) is 0 Å². The zero-order valence-corrected chi connectivity index (χ0v) is 9.87. The molecule has 1 aliphatic heterocycles. The minimum absolute atomic E-state index is 0.306. The van der Waals surface area contributed by atoms with Crippen molar-refractivity contribution in [3.63, 3.8) is 0 Å². The van der Waals surface area contributed by atoms with Gasteiger partial charge in [0.15, 0.2) is 5.17 Å². The number of nitrogens with zero attached hydrogens (tertiary/aromatic N) is 1. The Labute approximate surface area is 85.6 Å².